The van der Waals surface area contributed by atoms with E-state index >= 15 is 0 Å². The minimum Gasteiger partial charge on any atom is -0.390 e. The average molecular weight is 401 g/mol. The monoisotopic (exact) mass is 400 g/mol. The largest absolute Gasteiger partial charge is 0.390 e. The van der Waals surface area contributed by atoms with Crippen LogP contribution in [-0.2, 0) is 0 Å². The van der Waals surface area contributed by atoms with E-state index in [2.05, 4.69) is 62.4 Å². The quantitative estimate of drug-likeness (QED) is 0.500. The molecule has 2 aliphatic rings. The van der Waals surface area contributed by atoms with E-state index in [-0.39, 0.29) is 15.9 Å². The van der Waals surface area contributed by atoms with Gasteiger partial charge in [-0.15, -0.1) is 23.5 Å². The second kappa shape index (κ2) is 7.47. The molecule has 0 amide bonds. The number of aliphatic hydroxyl groups excluding tert-OH is 1. The van der Waals surface area contributed by atoms with Gasteiger partial charge in [0, 0.05) is 21.1 Å². The molecule has 2 nitrogen and oxygen atoms in total. The molecule has 0 aliphatic heterocycles. The van der Waals surface area contributed by atoms with Crippen molar-refractivity contribution in [3.05, 3.63) is 60.7 Å². The summed E-state index contributed by atoms with van der Waals surface area (Å²) in [4.78, 5) is 2.40. The van der Waals surface area contributed by atoms with Gasteiger partial charge in [-0.05, 0) is 49.4 Å². The fourth-order valence-corrected chi connectivity index (χ4v) is 7.89. The maximum Gasteiger partial charge on any atom is 0.100 e. The third-order valence-corrected chi connectivity index (χ3v) is 9.88. The predicted molar refractivity (Wildman–Crippen MR) is 114 cm³/mol. The summed E-state index contributed by atoms with van der Waals surface area (Å²) in [6, 6.07) is 20.8. The molecular formula is C23H28O2S2. The minimum absolute atomic E-state index is 0.0433. The van der Waals surface area contributed by atoms with Crippen molar-refractivity contribution in [3.63, 3.8) is 0 Å². The summed E-state index contributed by atoms with van der Waals surface area (Å²) in [6.45, 7) is 4.32. The normalized spacial score (nSPS) is 33.5. The Balaban J connectivity index is 1.65. The summed E-state index contributed by atoms with van der Waals surface area (Å²) in [5.41, 5.74) is -1.21. The molecule has 0 saturated heterocycles. The van der Waals surface area contributed by atoms with Crippen LogP contribution < -0.4 is 0 Å². The van der Waals surface area contributed by atoms with Crippen LogP contribution in [0, 0.1) is 17.3 Å². The summed E-state index contributed by atoms with van der Waals surface area (Å²) in [7, 11) is 0. The number of hydrogen-bond acceptors (Lipinski definition) is 4. The molecule has 2 fully saturated rings. The second-order valence-corrected chi connectivity index (χ2v) is 11.0. The highest BCUT2D eigenvalue weighted by atomic mass is 32.2. The first kappa shape index (κ1) is 19.4. The number of hydrogen-bond donors (Lipinski definition) is 2. The van der Waals surface area contributed by atoms with Gasteiger partial charge in [0.25, 0.3) is 0 Å². The Morgan fingerprint density at radius 1 is 0.963 bits per heavy atom. The highest BCUT2D eigenvalue weighted by Crippen LogP contribution is 2.66. The van der Waals surface area contributed by atoms with E-state index in [0.717, 1.165) is 19.3 Å². The molecule has 2 saturated carbocycles. The lowest BCUT2D eigenvalue weighted by molar-refractivity contribution is -0.176. The molecule has 27 heavy (non-hydrogen) atoms. The van der Waals surface area contributed by atoms with Crippen molar-refractivity contribution in [1.82, 2.24) is 0 Å². The summed E-state index contributed by atoms with van der Waals surface area (Å²) in [5.74, 6) is 0.405. The maximum absolute atomic E-state index is 11.8. The molecule has 4 rings (SSSR count). The number of benzene rings is 2. The Bertz CT molecular complexity index is 727. The van der Waals surface area contributed by atoms with Crippen molar-refractivity contribution in [1.29, 1.82) is 0 Å². The van der Waals surface area contributed by atoms with Gasteiger partial charge in [-0.25, -0.2) is 0 Å². The molecule has 2 aromatic rings. The van der Waals surface area contributed by atoms with Crippen molar-refractivity contribution >= 4 is 23.5 Å². The first-order chi connectivity index (χ1) is 12.9. The van der Waals surface area contributed by atoms with E-state index in [1.807, 2.05) is 12.1 Å². The number of aliphatic hydroxyl groups is 2. The van der Waals surface area contributed by atoms with Crippen LogP contribution in [-0.4, -0.2) is 26.5 Å². The van der Waals surface area contributed by atoms with Crippen LogP contribution in [0.15, 0.2) is 70.5 Å². The van der Waals surface area contributed by atoms with Gasteiger partial charge in [-0.3, -0.25) is 0 Å². The number of fused-ring (bicyclic) bond motifs is 1. The minimum atomic E-state index is -1.04. The van der Waals surface area contributed by atoms with Gasteiger partial charge in [0.05, 0.1) is 10.7 Å². The van der Waals surface area contributed by atoms with Gasteiger partial charge in [0.2, 0.25) is 0 Å². The maximum atomic E-state index is 11.8. The fraction of sp³-hybridized carbons (Fsp3) is 0.478. The molecule has 2 aromatic carbocycles. The third-order valence-electron chi connectivity index (χ3n) is 6.94. The van der Waals surface area contributed by atoms with E-state index in [1.165, 1.54) is 9.79 Å². The summed E-state index contributed by atoms with van der Waals surface area (Å²) in [6.07, 6.45) is 2.23. The van der Waals surface area contributed by atoms with E-state index in [4.69, 9.17) is 0 Å². The van der Waals surface area contributed by atoms with Crippen LogP contribution in [0.1, 0.15) is 33.1 Å². The molecule has 5 atom stereocenters. The summed E-state index contributed by atoms with van der Waals surface area (Å²) >= 11 is 3.59. The Kier molecular flexibility index (Phi) is 5.36. The van der Waals surface area contributed by atoms with Crippen LogP contribution >= 0.6 is 23.5 Å². The van der Waals surface area contributed by atoms with Crippen LogP contribution in [0.5, 0.6) is 0 Å². The zero-order valence-corrected chi connectivity index (χ0v) is 17.5. The van der Waals surface area contributed by atoms with Gasteiger partial charge in [-0.1, -0.05) is 50.2 Å². The van der Waals surface area contributed by atoms with Crippen molar-refractivity contribution in [3.8, 4) is 0 Å². The molecule has 0 spiro atoms. The van der Waals surface area contributed by atoms with E-state index in [1.54, 1.807) is 23.5 Å². The lowest BCUT2D eigenvalue weighted by Gasteiger charge is -2.54. The van der Waals surface area contributed by atoms with Crippen LogP contribution in [0.2, 0.25) is 0 Å². The SMILES string of the molecule is C[C@@H](C(Sc1ccccc1)Sc1ccccc1)[C@@]1(O)[C@@H](O)C[C@H]2CC[C@@]21C. The second-order valence-electron chi connectivity index (χ2n) is 8.25. The van der Waals surface area contributed by atoms with E-state index in [9.17, 15) is 10.2 Å². The lowest BCUT2D eigenvalue weighted by atomic mass is 9.55. The van der Waals surface area contributed by atoms with Gasteiger partial charge in [-0.2, -0.15) is 0 Å². The molecule has 0 aromatic heterocycles. The summed E-state index contributed by atoms with van der Waals surface area (Å²) < 4.78 is 0.116. The third kappa shape index (κ3) is 3.25. The zero-order valence-electron chi connectivity index (χ0n) is 15.9. The highest BCUT2D eigenvalue weighted by Gasteiger charge is 2.68. The smallest absolute Gasteiger partial charge is 0.100 e. The number of thioether (sulfide) groups is 2. The van der Waals surface area contributed by atoms with Gasteiger partial charge >= 0.3 is 0 Å². The Labute approximate surface area is 170 Å². The van der Waals surface area contributed by atoms with Crippen molar-refractivity contribution < 1.29 is 10.2 Å². The Morgan fingerprint density at radius 3 is 1.89 bits per heavy atom. The molecular weight excluding hydrogens is 372 g/mol. The van der Waals surface area contributed by atoms with Gasteiger partial charge < -0.3 is 10.2 Å². The van der Waals surface area contributed by atoms with E-state index < -0.39 is 11.7 Å². The molecule has 144 valence electrons. The first-order valence-electron chi connectivity index (χ1n) is 9.79. The van der Waals surface area contributed by atoms with Crippen molar-refractivity contribution in [2.24, 2.45) is 17.3 Å². The average Bonchev–Trinajstić information content (AvgIpc) is 2.82. The topological polar surface area (TPSA) is 40.5 Å². The van der Waals surface area contributed by atoms with Crippen molar-refractivity contribution in [2.75, 3.05) is 0 Å². The van der Waals surface area contributed by atoms with Gasteiger partial charge in [0.1, 0.15) is 5.60 Å². The Morgan fingerprint density at radius 2 is 1.48 bits per heavy atom. The standard InChI is InChI=1S/C23H28O2S2/c1-16(23(25)20(24)15-17-13-14-22(17,23)2)21(26-18-9-5-3-6-10-18)27-19-11-7-4-8-12-19/h3-12,16-17,20-21,24-25H,13-15H2,1-2H3/t16-,17+,20-,22-,23+/m0/s1. The van der Waals surface area contributed by atoms with Crippen LogP contribution in [0.25, 0.3) is 0 Å². The molecule has 2 aliphatic carbocycles. The fourth-order valence-electron chi connectivity index (χ4n) is 5.04. The molecule has 0 bridgehead atoms. The molecule has 0 radical (unpaired) electrons. The van der Waals surface area contributed by atoms with Crippen LogP contribution in [0.4, 0.5) is 0 Å². The molecule has 0 unspecified atom stereocenters. The van der Waals surface area contributed by atoms with Crippen LogP contribution in [0.3, 0.4) is 0 Å². The van der Waals surface area contributed by atoms with Crippen molar-refractivity contribution in [2.45, 2.75) is 59.2 Å². The summed E-state index contributed by atoms with van der Waals surface area (Å²) in [5, 5.41) is 22.7. The predicted octanol–water partition coefficient (Wildman–Crippen LogP) is 5.45. The highest BCUT2D eigenvalue weighted by molar-refractivity contribution is 8.17. The van der Waals surface area contributed by atoms with E-state index in [0.29, 0.717) is 5.92 Å². The lowest BCUT2D eigenvalue weighted by Crippen LogP contribution is -2.60. The molecule has 2 N–H and O–H groups in total. The molecule has 0 heterocycles. The Hall–Kier alpha value is -0.940. The first-order valence-corrected chi connectivity index (χ1v) is 11.5. The van der Waals surface area contributed by atoms with Gasteiger partial charge in [0.15, 0.2) is 0 Å². The zero-order chi connectivity index (χ0) is 19.1. The molecule has 4 heteroatoms. The number of rotatable bonds is 6.